The van der Waals surface area contributed by atoms with Crippen molar-refractivity contribution in [3.8, 4) is 0 Å². The third kappa shape index (κ3) is 7.22. The molecule has 26 heavy (non-hydrogen) atoms. The van der Waals surface area contributed by atoms with Gasteiger partial charge in [-0.1, -0.05) is 12.1 Å². The lowest BCUT2D eigenvalue weighted by Crippen LogP contribution is -2.46. The minimum absolute atomic E-state index is 0.690. The summed E-state index contributed by atoms with van der Waals surface area (Å²) in [7, 11) is 1.71. The minimum Gasteiger partial charge on any atom is -0.383 e. The zero-order chi connectivity index (χ0) is 18.6. The lowest BCUT2D eigenvalue weighted by atomic mass is 10.2. The molecule has 1 aliphatic heterocycles. The van der Waals surface area contributed by atoms with Gasteiger partial charge in [-0.25, -0.2) is 0 Å². The second-order valence-corrected chi connectivity index (χ2v) is 6.70. The second-order valence-electron chi connectivity index (χ2n) is 6.70. The maximum Gasteiger partial charge on any atom is 0.191 e. The number of hydrogen-bond acceptors (Lipinski definition) is 4. The van der Waals surface area contributed by atoms with Crippen LogP contribution in [0.2, 0.25) is 0 Å². The second kappa shape index (κ2) is 11.8. The molecule has 0 amide bonds. The van der Waals surface area contributed by atoms with E-state index in [9.17, 15) is 0 Å². The molecular formula is C20H35N5O. The fourth-order valence-corrected chi connectivity index (χ4v) is 3.15. The van der Waals surface area contributed by atoms with Crippen molar-refractivity contribution in [2.45, 2.75) is 20.3 Å². The average Bonchev–Trinajstić information content (AvgIpc) is 2.66. The number of nitrogens with one attached hydrogen (secondary N) is 2. The topological polar surface area (TPSA) is 52.1 Å². The van der Waals surface area contributed by atoms with Crippen LogP contribution in [0.25, 0.3) is 0 Å². The molecule has 0 unspecified atom stereocenters. The van der Waals surface area contributed by atoms with Gasteiger partial charge in [0.2, 0.25) is 0 Å². The maximum atomic E-state index is 5.07. The summed E-state index contributed by atoms with van der Waals surface area (Å²) in [6.07, 6.45) is 1.09. The molecule has 1 heterocycles. The van der Waals surface area contributed by atoms with Crippen LogP contribution in [-0.2, 0) is 4.74 Å². The lowest BCUT2D eigenvalue weighted by Gasteiger charge is -2.36. The van der Waals surface area contributed by atoms with Crippen LogP contribution < -0.4 is 15.5 Å². The largest absolute Gasteiger partial charge is 0.383 e. The summed E-state index contributed by atoms with van der Waals surface area (Å²) in [6.45, 7) is 13.0. The van der Waals surface area contributed by atoms with Crippen molar-refractivity contribution >= 4 is 11.6 Å². The number of aryl methyl sites for hydroxylation is 1. The van der Waals surface area contributed by atoms with Crippen LogP contribution in [-0.4, -0.2) is 76.9 Å². The van der Waals surface area contributed by atoms with E-state index in [0.717, 1.165) is 64.7 Å². The number of methoxy groups -OCH3 is 1. The normalized spacial score (nSPS) is 16.0. The Morgan fingerprint density at radius 3 is 2.69 bits per heavy atom. The molecule has 2 rings (SSSR count). The van der Waals surface area contributed by atoms with Gasteiger partial charge in [0, 0.05) is 65.2 Å². The highest BCUT2D eigenvalue weighted by Gasteiger charge is 2.16. The zero-order valence-electron chi connectivity index (χ0n) is 16.6. The molecule has 0 atom stereocenters. The Morgan fingerprint density at radius 1 is 1.19 bits per heavy atom. The number of aliphatic imine (C=N–C) groups is 1. The number of anilines is 1. The van der Waals surface area contributed by atoms with Gasteiger partial charge in [0.15, 0.2) is 5.96 Å². The number of benzene rings is 1. The molecule has 0 bridgehead atoms. The van der Waals surface area contributed by atoms with Crippen LogP contribution >= 0.6 is 0 Å². The van der Waals surface area contributed by atoms with Crippen LogP contribution in [0.5, 0.6) is 0 Å². The zero-order valence-corrected chi connectivity index (χ0v) is 16.6. The molecule has 1 aliphatic rings. The molecule has 0 aliphatic carbocycles. The molecular weight excluding hydrogens is 326 g/mol. The van der Waals surface area contributed by atoms with Crippen molar-refractivity contribution in [1.29, 1.82) is 0 Å². The molecule has 2 N–H and O–H groups in total. The fraction of sp³-hybridized carbons (Fsp3) is 0.650. The highest BCUT2D eigenvalue weighted by molar-refractivity contribution is 5.79. The summed E-state index contributed by atoms with van der Waals surface area (Å²) in [5, 5.41) is 6.55. The van der Waals surface area contributed by atoms with Crippen LogP contribution in [0.15, 0.2) is 29.3 Å². The summed E-state index contributed by atoms with van der Waals surface area (Å²) in [6, 6.07) is 8.81. The first-order valence-corrected chi connectivity index (χ1v) is 9.78. The van der Waals surface area contributed by atoms with Gasteiger partial charge in [0.25, 0.3) is 0 Å². The van der Waals surface area contributed by atoms with E-state index < -0.39 is 0 Å². The summed E-state index contributed by atoms with van der Waals surface area (Å²) < 4.78 is 5.07. The molecule has 0 radical (unpaired) electrons. The van der Waals surface area contributed by atoms with E-state index in [2.05, 4.69) is 63.5 Å². The Bertz CT molecular complexity index is 541. The molecule has 1 aromatic carbocycles. The summed E-state index contributed by atoms with van der Waals surface area (Å²) in [5.41, 5.74) is 2.69. The van der Waals surface area contributed by atoms with Crippen molar-refractivity contribution in [1.82, 2.24) is 15.5 Å². The van der Waals surface area contributed by atoms with Crippen LogP contribution in [0.4, 0.5) is 5.69 Å². The van der Waals surface area contributed by atoms with E-state index in [1.165, 1.54) is 11.3 Å². The molecule has 146 valence electrons. The smallest absolute Gasteiger partial charge is 0.191 e. The first kappa shape index (κ1) is 20.5. The Morgan fingerprint density at radius 2 is 2.00 bits per heavy atom. The SMILES string of the molecule is CCNC(=NCCCN1CCN(c2cccc(C)c2)CC1)NCCOC. The number of ether oxygens (including phenoxy) is 1. The van der Waals surface area contributed by atoms with Crippen molar-refractivity contribution in [3.63, 3.8) is 0 Å². The number of rotatable bonds is 9. The van der Waals surface area contributed by atoms with E-state index in [-0.39, 0.29) is 0 Å². The predicted molar refractivity (Wildman–Crippen MR) is 110 cm³/mol. The molecule has 0 aromatic heterocycles. The van der Waals surface area contributed by atoms with E-state index in [0.29, 0.717) is 6.61 Å². The fourth-order valence-electron chi connectivity index (χ4n) is 3.15. The number of nitrogens with zero attached hydrogens (tertiary/aromatic N) is 3. The van der Waals surface area contributed by atoms with Crippen LogP contribution in [0.3, 0.4) is 0 Å². The Balaban J connectivity index is 1.66. The van der Waals surface area contributed by atoms with E-state index in [1.807, 2.05) is 0 Å². The molecule has 0 spiro atoms. The summed E-state index contributed by atoms with van der Waals surface area (Å²) in [5.74, 6) is 0.883. The molecule has 6 nitrogen and oxygen atoms in total. The van der Waals surface area contributed by atoms with Gasteiger partial charge < -0.3 is 20.3 Å². The first-order valence-electron chi connectivity index (χ1n) is 9.78. The van der Waals surface area contributed by atoms with E-state index in [4.69, 9.17) is 4.74 Å². The number of guanidine groups is 1. The quantitative estimate of drug-likeness (QED) is 0.398. The van der Waals surface area contributed by atoms with Gasteiger partial charge in [-0.15, -0.1) is 0 Å². The van der Waals surface area contributed by atoms with Gasteiger partial charge >= 0.3 is 0 Å². The van der Waals surface area contributed by atoms with Gasteiger partial charge in [-0.05, 0) is 38.0 Å². The average molecular weight is 362 g/mol. The highest BCUT2D eigenvalue weighted by Crippen LogP contribution is 2.17. The molecule has 1 saturated heterocycles. The van der Waals surface area contributed by atoms with E-state index >= 15 is 0 Å². The third-order valence-electron chi connectivity index (χ3n) is 4.58. The molecule has 1 fully saturated rings. The third-order valence-corrected chi connectivity index (χ3v) is 4.58. The highest BCUT2D eigenvalue weighted by atomic mass is 16.5. The molecule has 1 aromatic rings. The van der Waals surface area contributed by atoms with Gasteiger partial charge in [0.1, 0.15) is 0 Å². The Hall–Kier alpha value is -1.79. The van der Waals surface area contributed by atoms with Crippen molar-refractivity contribution in [2.24, 2.45) is 4.99 Å². The summed E-state index contributed by atoms with van der Waals surface area (Å²) >= 11 is 0. The molecule has 6 heteroatoms. The summed E-state index contributed by atoms with van der Waals surface area (Å²) in [4.78, 5) is 9.68. The van der Waals surface area contributed by atoms with Crippen molar-refractivity contribution in [3.05, 3.63) is 29.8 Å². The minimum atomic E-state index is 0.690. The lowest BCUT2D eigenvalue weighted by molar-refractivity contribution is 0.203. The monoisotopic (exact) mass is 361 g/mol. The molecule has 0 saturated carbocycles. The van der Waals surface area contributed by atoms with E-state index in [1.54, 1.807) is 7.11 Å². The maximum absolute atomic E-state index is 5.07. The van der Waals surface area contributed by atoms with Crippen molar-refractivity contribution in [2.75, 3.05) is 71.0 Å². The number of hydrogen-bond donors (Lipinski definition) is 2. The van der Waals surface area contributed by atoms with Gasteiger partial charge in [0.05, 0.1) is 6.61 Å². The first-order chi connectivity index (χ1) is 12.7. The van der Waals surface area contributed by atoms with Crippen LogP contribution in [0, 0.1) is 6.92 Å². The standard InChI is InChI=1S/C20H35N5O/c1-4-21-20(23-10-16-26-3)22-9-6-11-24-12-14-25(15-13-24)19-8-5-7-18(2)17-19/h5,7-8,17H,4,6,9-16H2,1-3H3,(H2,21,22,23). The van der Waals surface area contributed by atoms with Gasteiger partial charge in [-0.3, -0.25) is 9.89 Å². The number of piperazine rings is 1. The van der Waals surface area contributed by atoms with Crippen molar-refractivity contribution < 1.29 is 4.74 Å². The predicted octanol–water partition coefficient (Wildman–Crippen LogP) is 1.71. The Kier molecular flexibility index (Phi) is 9.28. The Labute approximate surface area is 158 Å². The van der Waals surface area contributed by atoms with Crippen LogP contribution in [0.1, 0.15) is 18.9 Å². The van der Waals surface area contributed by atoms with Gasteiger partial charge in [-0.2, -0.15) is 0 Å².